The van der Waals surface area contributed by atoms with Gasteiger partial charge >= 0.3 is 13.8 Å². The van der Waals surface area contributed by atoms with Gasteiger partial charge in [-0.2, -0.15) is 0 Å². The molecule has 0 saturated carbocycles. The third-order valence-corrected chi connectivity index (χ3v) is 9.97. The van der Waals surface area contributed by atoms with E-state index in [2.05, 4.69) is 111 Å². The number of hydrogen-bond donors (Lipinski definition) is 2. The molecular weight excluding hydrogens is 746 g/mol. The number of hydrogen-bond acceptors (Lipinski definition) is 7. The van der Waals surface area contributed by atoms with Crippen molar-refractivity contribution >= 4 is 13.8 Å². The quantitative estimate of drug-likeness (QED) is 0.0270. The van der Waals surface area contributed by atoms with Crippen molar-refractivity contribution in [3.8, 4) is 0 Å². The van der Waals surface area contributed by atoms with Gasteiger partial charge in [-0.3, -0.25) is 13.8 Å². The second-order valence-electron chi connectivity index (χ2n) is 14.5. The number of phosphoric acid groups is 1. The van der Waals surface area contributed by atoms with Crippen LogP contribution in [0.15, 0.2) is 97.2 Å². The zero-order valence-electron chi connectivity index (χ0n) is 36.7. The van der Waals surface area contributed by atoms with E-state index in [4.69, 9.17) is 24.3 Å². The molecule has 8 nitrogen and oxygen atoms in total. The van der Waals surface area contributed by atoms with E-state index in [1.54, 1.807) is 0 Å². The first kappa shape index (κ1) is 55.4. The number of ether oxygens (including phenoxy) is 2. The molecular formula is C49H84NO7P. The average molecular weight is 830 g/mol. The third-order valence-electron chi connectivity index (χ3n) is 8.99. The molecule has 0 aromatic heterocycles. The van der Waals surface area contributed by atoms with Crippen molar-refractivity contribution in [1.82, 2.24) is 0 Å². The molecule has 2 unspecified atom stereocenters. The number of carbonyl (C=O) groups excluding carboxylic acids is 1. The van der Waals surface area contributed by atoms with Gasteiger partial charge in [0.05, 0.1) is 19.8 Å². The van der Waals surface area contributed by atoms with Crippen LogP contribution in [0.1, 0.15) is 168 Å². The van der Waals surface area contributed by atoms with Crippen LogP contribution in [0.25, 0.3) is 0 Å². The molecule has 332 valence electrons. The maximum absolute atomic E-state index is 12.6. The monoisotopic (exact) mass is 830 g/mol. The summed E-state index contributed by atoms with van der Waals surface area (Å²) in [4.78, 5) is 22.5. The molecule has 0 aliphatic carbocycles. The fourth-order valence-electron chi connectivity index (χ4n) is 5.68. The summed E-state index contributed by atoms with van der Waals surface area (Å²) in [5.74, 6) is -0.362. The molecule has 0 saturated heterocycles. The molecule has 0 bridgehead atoms. The highest BCUT2D eigenvalue weighted by Crippen LogP contribution is 2.43. The SMILES string of the molecule is CC/C=C\C/C=C\C/C=C\C/C=C\C/C=C\C/C=C\CCCCCCC(=O)OC(COCCCCCCCC/C=C\C/C=C\CCCCC)COP(=O)(O)OCCN. The summed E-state index contributed by atoms with van der Waals surface area (Å²) in [5.41, 5.74) is 5.37. The molecule has 0 rings (SSSR count). The van der Waals surface area contributed by atoms with Crippen LogP contribution in [0, 0.1) is 0 Å². The molecule has 0 spiro atoms. The van der Waals surface area contributed by atoms with Gasteiger partial charge in [0.2, 0.25) is 0 Å². The lowest BCUT2D eigenvalue weighted by Gasteiger charge is -2.20. The highest BCUT2D eigenvalue weighted by atomic mass is 31.2. The van der Waals surface area contributed by atoms with Crippen molar-refractivity contribution in [2.75, 3.05) is 33.0 Å². The molecule has 0 fully saturated rings. The summed E-state index contributed by atoms with van der Waals surface area (Å²) in [7, 11) is -4.30. The minimum atomic E-state index is -4.30. The topological polar surface area (TPSA) is 117 Å². The molecule has 0 heterocycles. The first-order chi connectivity index (χ1) is 28.4. The van der Waals surface area contributed by atoms with Crippen molar-refractivity contribution in [3.05, 3.63) is 97.2 Å². The summed E-state index contributed by atoms with van der Waals surface area (Å²) in [6, 6.07) is 0. The smallest absolute Gasteiger partial charge is 0.457 e. The fourth-order valence-corrected chi connectivity index (χ4v) is 6.44. The number of unbranched alkanes of at least 4 members (excludes halogenated alkanes) is 13. The summed E-state index contributed by atoms with van der Waals surface area (Å²) < 4.78 is 33.4. The first-order valence-electron chi connectivity index (χ1n) is 22.7. The molecule has 9 heteroatoms. The van der Waals surface area contributed by atoms with Gasteiger partial charge in [-0.25, -0.2) is 4.57 Å². The largest absolute Gasteiger partial charge is 0.472 e. The van der Waals surface area contributed by atoms with Gasteiger partial charge in [-0.15, -0.1) is 0 Å². The molecule has 0 amide bonds. The molecule has 3 N–H and O–H groups in total. The van der Waals surface area contributed by atoms with Gasteiger partial charge in [0.1, 0.15) is 6.10 Å². The predicted molar refractivity (Wildman–Crippen MR) is 247 cm³/mol. The normalized spacial score (nSPS) is 14.3. The summed E-state index contributed by atoms with van der Waals surface area (Å²) in [6.07, 6.45) is 59.9. The number of esters is 1. The van der Waals surface area contributed by atoms with Gasteiger partial charge in [0, 0.05) is 19.6 Å². The summed E-state index contributed by atoms with van der Waals surface area (Å²) in [6.45, 7) is 4.70. The maximum Gasteiger partial charge on any atom is 0.472 e. The third kappa shape index (κ3) is 44.5. The Hall–Kier alpha value is -2.58. The number of phosphoric ester groups is 1. The van der Waals surface area contributed by atoms with Crippen LogP contribution in [0.3, 0.4) is 0 Å². The highest BCUT2D eigenvalue weighted by molar-refractivity contribution is 7.47. The summed E-state index contributed by atoms with van der Waals surface area (Å²) >= 11 is 0. The number of rotatable bonds is 42. The van der Waals surface area contributed by atoms with Crippen LogP contribution >= 0.6 is 7.82 Å². The Morgan fingerprint density at radius 3 is 1.45 bits per heavy atom. The van der Waals surface area contributed by atoms with Crippen LogP contribution in [0.2, 0.25) is 0 Å². The van der Waals surface area contributed by atoms with Crippen LogP contribution in [-0.4, -0.2) is 49.9 Å². The predicted octanol–water partition coefficient (Wildman–Crippen LogP) is 13.9. The van der Waals surface area contributed by atoms with Gasteiger partial charge in [-0.1, -0.05) is 162 Å². The first-order valence-corrected chi connectivity index (χ1v) is 24.2. The lowest BCUT2D eigenvalue weighted by molar-refractivity contribution is -0.154. The van der Waals surface area contributed by atoms with E-state index in [-0.39, 0.29) is 38.8 Å². The number of carbonyl (C=O) groups is 1. The van der Waals surface area contributed by atoms with E-state index in [0.717, 1.165) is 103 Å². The van der Waals surface area contributed by atoms with E-state index in [1.165, 1.54) is 44.9 Å². The Bertz CT molecular complexity index is 1200. The van der Waals surface area contributed by atoms with E-state index in [0.29, 0.717) is 6.61 Å². The van der Waals surface area contributed by atoms with Gasteiger partial charge in [0.25, 0.3) is 0 Å². The van der Waals surface area contributed by atoms with E-state index < -0.39 is 13.9 Å². The van der Waals surface area contributed by atoms with Crippen LogP contribution in [-0.2, 0) is 27.9 Å². The number of allylic oxidation sites excluding steroid dienone is 16. The average Bonchev–Trinajstić information content (AvgIpc) is 3.21. The van der Waals surface area contributed by atoms with Crippen molar-refractivity contribution < 1.29 is 32.8 Å². The van der Waals surface area contributed by atoms with E-state index >= 15 is 0 Å². The zero-order valence-corrected chi connectivity index (χ0v) is 37.6. The Morgan fingerprint density at radius 2 is 0.966 bits per heavy atom. The minimum absolute atomic E-state index is 0.0883. The highest BCUT2D eigenvalue weighted by Gasteiger charge is 2.25. The van der Waals surface area contributed by atoms with E-state index in [1.807, 2.05) is 0 Å². The lowest BCUT2D eigenvalue weighted by atomic mass is 10.1. The molecule has 0 aromatic carbocycles. The van der Waals surface area contributed by atoms with E-state index in [9.17, 15) is 14.3 Å². The zero-order chi connectivity index (χ0) is 42.3. The second kappa shape index (κ2) is 45.5. The van der Waals surface area contributed by atoms with Gasteiger partial charge < -0.3 is 20.1 Å². The molecule has 0 radical (unpaired) electrons. The van der Waals surface area contributed by atoms with Crippen molar-refractivity contribution in [2.45, 2.75) is 174 Å². The maximum atomic E-state index is 12.6. The van der Waals surface area contributed by atoms with Gasteiger partial charge in [-0.05, 0) is 96.3 Å². The molecule has 0 aliphatic rings. The van der Waals surface area contributed by atoms with Gasteiger partial charge in [0.15, 0.2) is 0 Å². The Kier molecular flexibility index (Phi) is 43.5. The number of nitrogens with two attached hydrogens (primary N) is 1. The molecule has 0 aromatic rings. The minimum Gasteiger partial charge on any atom is -0.457 e. The Balaban J connectivity index is 4.12. The second-order valence-corrected chi connectivity index (χ2v) is 16.0. The molecule has 2 atom stereocenters. The fraction of sp³-hybridized carbons (Fsp3) is 0.653. The van der Waals surface area contributed by atoms with Crippen molar-refractivity contribution in [1.29, 1.82) is 0 Å². The van der Waals surface area contributed by atoms with Crippen molar-refractivity contribution in [3.63, 3.8) is 0 Å². The lowest BCUT2D eigenvalue weighted by Crippen LogP contribution is -2.28. The van der Waals surface area contributed by atoms with Crippen LogP contribution < -0.4 is 5.73 Å². The summed E-state index contributed by atoms with van der Waals surface area (Å²) in [5, 5.41) is 0. The Labute approximate surface area is 355 Å². The Morgan fingerprint density at radius 1 is 0.534 bits per heavy atom. The van der Waals surface area contributed by atoms with Crippen molar-refractivity contribution in [2.24, 2.45) is 5.73 Å². The van der Waals surface area contributed by atoms with Crippen LogP contribution in [0.4, 0.5) is 0 Å². The standard InChI is InChI=1S/C49H84NO7P/c1-3-5-7-9-11-13-15-17-19-21-22-23-24-25-26-27-28-30-32-34-36-38-40-42-49(51)57-48(47-56-58(52,53)55-45-43-50)46-54-44-41-39-37-35-33-31-29-20-18-16-14-12-10-8-6-4-2/h5,7,11-14,17-20,22-23,25-26,28,30,48H,3-4,6,8-10,15-16,21,24,27,29,31-47,50H2,1-2H3,(H,52,53)/b7-5-,13-11-,14-12-,19-17-,20-18-,23-22-,26-25-,30-28-. The molecule has 0 aliphatic heterocycles. The molecule has 58 heavy (non-hydrogen) atoms. The van der Waals surface area contributed by atoms with Crippen LogP contribution in [0.5, 0.6) is 0 Å².